The molecular weight excluding hydrogens is 415 g/mol. The number of nitrogens with zero attached hydrogens (tertiary/aromatic N) is 1. The molecule has 0 radical (unpaired) electrons. The van der Waals surface area contributed by atoms with Gasteiger partial charge in [0.2, 0.25) is 0 Å². The third-order valence-corrected chi connectivity index (χ3v) is 6.13. The Morgan fingerprint density at radius 3 is 2.88 bits per heavy atom. The highest BCUT2D eigenvalue weighted by molar-refractivity contribution is 5.76. The minimum atomic E-state index is -0.393. The topological polar surface area (TPSA) is 55.0 Å². The van der Waals surface area contributed by atoms with Gasteiger partial charge in [-0.1, -0.05) is 62.3 Å². The molecule has 1 aliphatic carbocycles. The number of benzene rings is 1. The molecule has 0 spiro atoms. The van der Waals surface area contributed by atoms with Gasteiger partial charge in [0.1, 0.15) is 5.82 Å². The normalized spacial score (nSPS) is 19.1. The first-order chi connectivity index (χ1) is 16.0. The Balaban J connectivity index is 1.64. The van der Waals surface area contributed by atoms with Gasteiger partial charge >= 0.3 is 5.69 Å². The van der Waals surface area contributed by atoms with Crippen LogP contribution in [0.3, 0.4) is 0 Å². The minimum Gasteiger partial charge on any atom is -0.379 e. The van der Waals surface area contributed by atoms with E-state index in [0.717, 1.165) is 49.0 Å². The van der Waals surface area contributed by atoms with Crippen LogP contribution in [0.2, 0.25) is 0 Å². The van der Waals surface area contributed by atoms with Crippen molar-refractivity contribution in [3.8, 4) is 0 Å². The highest BCUT2D eigenvalue weighted by atomic mass is 19.1. The molecule has 1 aromatic carbocycles. The van der Waals surface area contributed by atoms with Crippen molar-refractivity contribution in [2.75, 3.05) is 6.61 Å². The number of ether oxygens (including phenoxy) is 1. The van der Waals surface area contributed by atoms with Gasteiger partial charge in [0.25, 0.3) is 0 Å². The van der Waals surface area contributed by atoms with Crippen molar-refractivity contribution in [2.45, 2.75) is 70.3 Å². The monoisotopic (exact) mass is 450 g/mol. The zero-order valence-electron chi connectivity index (χ0n) is 19.7. The lowest BCUT2D eigenvalue weighted by Gasteiger charge is -2.29. The molecule has 4 nitrogen and oxygen atoms in total. The van der Waals surface area contributed by atoms with Crippen LogP contribution >= 0.6 is 0 Å². The zero-order valence-corrected chi connectivity index (χ0v) is 19.7. The van der Waals surface area contributed by atoms with E-state index < -0.39 is 5.41 Å². The summed E-state index contributed by atoms with van der Waals surface area (Å²) in [5.41, 5.74) is 2.02. The number of allylic oxidation sites excluding steroid dienone is 6. The van der Waals surface area contributed by atoms with Crippen LogP contribution in [0.1, 0.15) is 69.9 Å². The summed E-state index contributed by atoms with van der Waals surface area (Å²) in [5.74, 6) is -0.244. The Morgan fingerprint density at radius 2 is 2.18 bits per heavy atom. The molecule has 0 fully saturated rings. The Hall–Kier alpha value is -2.79. The lowest BCUT2D eigenvalue weighted by Crippen LogP contribution is -2.24. The quantitative estimate of drug-likeness (QED) is 0.296. The Labute approximate surface area is 196 Å². The molecule has 5 heteroatoms. The molecule has 3 rings (SSSR count). The van der Waals surface area contributed by atoms with Crippen molar-refractivity contribution in [1.29, 1.82) is 0 Å². The van der Waals surface area contributed by atoms with E-state index in [-0.39, 0.29) is 17.6 Å². The van der Waals surface area contributed by atoms with E-state index in [9.17, 15) is 9.18 Å². The number of nitrogens with one attached hydrogen (secondary N) is 1. The van der Waals surface area contributed by atoms with E-state index in [1.807, 2.05) is 12.1 Å². The maximum atomic E-state index is 13.7. The molecular formula is C28H35FN2O2. The van der Waals surface area contributed by atoms with Gasteiger partial charge in [-0.3, -0.25) is 0 Å². The summed E-state index contributed by atoms with van der Waals surface area (Å²) in [6, 6.07) is 6.63. The second-order valence-corrected chi connectivity index (χ2v) is 8.78. The smallest absolute Gasteiger partial charge is 0.344 e. The SMILES string of the molecule is CCCCCOC(C)CCCC=CC1(c2cnc(=O)[nH]c2)C=CC(c2cccc(F)c2)=CC1. The van der Waals surface area contributed by atoms with Crippen molar-refractivity contribution in [3.63, 3.8) is 0 Å². The molecule has 0 bridgehead atoms. The molecule has 0 saturated heterocycles. The van der Waals surface area contributed by atoms with Crippen molar-refractivity contribution >= 4 is 5.57 Å². The standard InChI is InChI=1S/C28H35FN2O2/c1-3-4-8-18-33-22(2)10-6-5-7-15-28(25-20-30-27(32)31-21-25)16-13-23(14-17-28)24-11-9-12-26(29)19-24/h7,9,11-16,19-22H,3-6,8,10,17-18H2,1-2H3,(H,30,31,32). The first-order valence-corrected chi connectivity index (χ1v) is 12.0. The number of H-pyrrole nitrogens is 1. The molecule has 0 amide bonds. The molecule has 0 saturated carbocycles. The highest BCUT2D eigenvalue weighted by Gasteiger charge is 2.28. The van der Waals surface area contributed by atoms with Gasteiger partial charge in [0.05, 0.1) is 6.10 Å². The van der Waals surface area contributed by atoms with E-state index in [4.69, 9.17) is 4.74 Å². The van der Waals surface area contributed by atoms with E-state index in [0.29, 0.717) is 6.42 Å². The summed E-state index contributed by atoms with van der Waals surface area (Å²) >= 11 is 0. The summed E-state index contributed by atoms with van der Waals surface area (Å²) in [5, 5.41) is 0. The van der Waals surface area contributed by atoms with Gasteiger partial charge in [-0.25, -0.2) is 14.2 Å². The first-order valence-electron chi connectivity index (χ1n) is 12.0. The lowest BCUT2D eigenvalue weighted by molar-refractivity contribution is 0.0566. The molecule has 2 atom stereocenters. The second-order valence-electron chi connectivity index (χ2n) is 8.78. The molecule has 33 heavy (non-hydrogen) atoms. The third kappa shape index (κ3) is 7.36. The maximum Gasteiger partial charge on any atom is 0.344 e. The van der Waals surface area contributed by atoms with E-state index in [1.54, 1.807) is 24.5 Å². The first kappa shape index (κ1) is 24.8. The Morgan fingerprint density at radius 1 is 1.30 bits per heavy atom. The number of unbranched alkanes of at least 4 members (excludes halogenated alkanes) is 3. The molecule has 0 aliphatic heterocycles. The van der Waals surface area contributed by atoms with Gasteiger partial charge in [-0.2, -0.15) is 0 Å². The fraction of sp³-hybridized carbons (Fsp3) is 0.429. The number of rotatable bonds is 12. The van der Waals surface area contributed by atoms with Crippen LogP contribution in [0.5, 0.6) is 0 Å². The predicted octanol–water partition coefficient (Wildman–Crippen LogP) is 6.51. The zero-order chi connectivity index (χ0) is 23.5. The molecule has 176 valence electrons. The van der Waals surface area contributed by atoms with E-state index in [2.05, 4.69) is 48.1 Å². The van der Waals surface area contributed by atoms with E-state index >= 15 is 0 Å². The molecule has 2 unspecified atom stereocenters. The Kier molecular flexibility index (Phi) is 9.37. The number of aromatic amines is 1. The van der Waals surface area contributed by atoms with Crippen molar-refractivity contribution < 1.29 is 9.13 Å². The van der Waals surface area contributed by atoms with E-state index in [1.165, 1.54) is 18.9 Å². The van der Waals surface area contributed by atoms with Crippen LogP contribution in [-0.2, 0) is 10.2 Å². The molecule has 1 N–H and O–H groups in total. The summed E-state index contributed by atoms with van der Waals surface area (Å²) in [7, 11) is 0. The van der Waals surface area contributed by atoms with Crippen LogP contribution < -0.4 is 5.69 Å². The van der Waals surface area contributed by atoms with Crippen LogP contribution in [0.15, 0.2) is 71.8 Å². The second kappa shape index (κ2) is 12.4. The number of hydrogen-bond donors (Lipinski definition) is 1. The number of halogens is 1. The third-order valence-electron chi connectivity index (χ3n) is 6.13. The Bertz CT molecular complexity index is 1020. The minimum absolute atomic E-state index is 0.244. The van der Waals surface area contributed by atoms with Crippen molar-refractivity contribution in [2.24, 2.45) is 0 Å². The van der Waals surface area contributed by atoms with Gasteiger partial charge in [-0.05, 0) is 62.3 Å². The molecule has 1 heterocycles. The van der Waals surface area contributed by atoms with Crippen LogP contribution in [0, 0.1) is 5.82 Å². The average Bonchev–Trinajstić information content (AvgIpc) is 2.82. The molecule has 1 aromatic heterocycles. The highest BCUT2D eigenvalue weighted by Crippen LogP contribution is 2.37. The molecule has 2 aromatic rings. The summed E-state index contributed by atoms with van der Waals surface area (Å²) < 4.78 is 19.6. The lowest BCUT2D eigenvalue weighted by atomic mass is 9.74. The van der Waals surface area contributed by atoms with Crippen molar-refractivity contribution in [1.82, 2.24) is 9.97 Å². The van der Waals surface area contributed by atoms with Gasteiger partial charge in [-0.15, -0.1) is 0 Å². The van der Waals surface area contributed by atoms with Gasteiger partial charge in [0, 0.05) is 30.0 Å². The summed E-state index contributed by atoms with van der Waals surface area (Å²) in [6.07, 6.45) is 21.6. The number of aromatic nitrogens is 2. The van der Waals surface area contributed by atoms with Gasteiger partial charge < -0.3 is 9.72 Å². The molecule has 1 aliphatic rings. The largest absolute Gasteiger partial charge is 0.379 e. The van der Waals surface area contributed by atoms with Crippen molar-refractivity contribution in [3.05, 3.63) is 94.5 Å². The van der Waals surface area contributed by atoms with Crippen LogP contribution in [-0.4, -0.2) is 22.7 Å². The fourth-order valence-corrected chi connectivity index (χ4v) is 4.10. The predicted molar refractivity (Wildman–Crippen MR) is 133 cm³/mol. The average molecular weight is 451 g/mol. The van der Waals surface area contributed by atoms with Crippen LogP contribution in [0.4, 0.5) is 4.39 Å². The number of hydrogen-bond acceptors (Lipinski definition) is 3. The fourth-order valence-electron chi connectivity index (χ4n) is 4.10. The maximum absolute atomic E-state index is 13.7. The summed E-state index contributed by atoms with van der Waals surface area (Å²) in [6.45, 7) is 5.19. The van der Waals surface area contributed by atoms with Gasteiger partial charge in [0.15, 0.2) is 0 Å². The van der Waals surface area contributed by atoms with Crippen LogP contribution in [0.25, 0.3) is 5.57 Å². The summed E-state index contributed by atoms with van der Waals surface area (Å²) in [4.78, 5) is 18.1.